The third-order valence-corrected chi connectivity index (χ3v) is 10.9. The number of benzene rings is 1. The van der Waals surface area contributed by atoms with Gasteiger partial charge in [-0.2, -0.15) is 0 Å². The van der Waals surface area contributed by atoms with E-state index in [1.54, 1.807) is 0 Å². The molecular weight excluding hydrogens is 402 g/mol. The minimum absolute atomic E-state index is 0.466. The largest absolute Gasteiger partial charge is 0.318 e. The topological polar surface area (TPSA) is 17.1 Å². The van der Waals surface area contributed by atoms with E-state index in [1.165, 1.54) is 75.1 Å². The summed E-state index contributed by atoms with van der Waals surface area (Å²) in [6, 6.07) is 8.78. The Bertz CT molecular complexity index is 508. The van der Waals surface area contributed by atoms with Crippen molar-refractivity contribution >= 4 is 35.0 Å². The molecule has 1 aromatic carbocycles. The predicted octanol–water partition coefficient (Wildman–Crippen LogP) is 6.28. The van der Waals surface area contributed by atoms with Gasteiger partial charge in [0.05, 0.1) is 0 Å². The highest BCUT2D eigenvalue weighted by Gasteiger charge is 2.42. The molecule has 2 fully saturated rings. The van der Waals surface area contributed by atoms with E-state index in [9.17, 15) is 4.57 Å². The molecule has 3 heteroatoms. The van der Waals surface area contributed by atoms with Crippen LogP contribution in [0.1, 0.15) is 69.8 Å². The first-order valence-corrected chi connectivity index (χ1v) is 12.4. The van der Waals surface area contributed by atoms with E-state index in [-0.39, 0.29) is 0 Å². The van der Waals surface area contributed by atoms with Crippen LogP contribution in [0.5, 0.6) is 0 Å². The normalized spacial score (nSPS) is 21.9. The zero-order chi connectivity index (χ0) is 15.4. The van der Waals surface area contributed by atoms with Crippen LogP contribution in [0.3, 0.4) is 0 Å². The van der Waals surface area contributed by atoms with Crippen LogP contribution in [0.4, 0.5) is 0 Å². The molecule has 122 valence electrons. The van der Waals surface area contributed by atoms with Crippen molar-refractivity contribution in [2.75, 3.05) is 0 Å². The Hall–Kier alpha value is 0.180. The van der Waals surface area contributed by atoms with Gasteiger partial charge in [0.2, 0.25) is 0 Å². The molecule has 0 saturated heterocycles. The Morgan fingerprint density at radius 2 is 1.45 bits per heavy atom. The molecule has 0 heterocycles. The number of rotatable bonds is 4. The molecule has 1 nitrogen and oxygen atoms in total. The lowest BCUT2D eigenvalue weighted by Crippen LogP contribution is -2.29. The molecule has 22 heavy (non-hydrogen) atoms. The van der Waals surface area contributed by atoms with Crippen LogP contribution in [-0.4, -0.2) is 11.3 Å². The number of hydrogen-bond acceptors (Lipinski definition) is 1. The summed E-state index contributed by atoms with van der Waals surface area (Å²) in [5.41, 5.74) is 2.27. The molecule has 0 spiro atoms. The molecular formula is C19H28IOP. The molecule has 0 radical (unpaired) electrons. The van der Waals surface area contributed by atoms with E-state index in [0.717, 1.165) is 4.43 Å². The van der Waals surface area contributed by atoms with Crippen LogP contribution in [0.15, 0.2) is 24.3 Å². The van der Waals surface area contributed by atoms with Crippen molar-refractivity contribution < 1.29 is 4.57 Å². The Kier molecular flexibility index (Phi) is 6.06. The zero-order valence-electron chi connectivity index (χ0n) is 13.5. The minimum Gasteiger partial charge on any atom is -0.318 e. The second-order valence-corrected chi connectivity index (χ2v) is 11.3. The van der Waals surface area contributed by atoms with Crippen LogP contribution in [0.2, 0.25) is 0 Å². The average molecular weight is 430 g/mol. The van der Waals surface area contributed by atoms with Crippen molar-refractivity contribution in [3.8, 4) is 0 Å². The summed E-state index contributed by atoms with van der Waals surface area (Å²) in [7, 11) is -2.27. The maximum Gasteiger partial charge on any atom is 0.121 e. The summed E-state index contributed by atoms with van der Waals surface area (Å²) in [6.07, 6.45) is 12.6. The first-order valence-electron chi connectivity index (χ1n) is 9.00. The molecule has 0 atom stereocenters. The molecule has 0 amide bonds. The van der Waals surface area contributed by atoms with Gasteiger partial charge in [-0.1, -0.05) is 79.3 Å². The quantitative estimate of drug-likeness (QED) is 0.312. The summed E-state index contributed by atoms with van der Waals surface area (Å²) >= 11 is 2.42. The molecule has 0 aliphatic heterocycles. The van der Waals surface area contributed by atoms with E-state index in [4.69, 9.17) is 0 Å². The first-order chi connectivity index (χ1) is 10.7. The van der Waals surface area contributed by atoms with Gasteiger partial charge >= 0.3 is 0 Å². The molecule has 2 aliphatic rings. The molecule has 1 aromatic rings. The molecule has 0 bridgehead atoms. The van der Waals surface area contributed by atoms with Gasteiger partial charge in [-0.25, -0.2) is 0 Å². The fraction of sp³-hybridized carbons (Fsp3) is 0.684. The Morgan fingerprint density at radius 1 is 0.909 bits per heavy atom. The van der Waals surface area contributed by atoms with Crippen LogP contribution in [0.25, 0.3) is 0 Å². The van der Waals surface area contributed by atoms with Crippen molar-refractivity contribution in [3.63, 3.8) is 0 Å². The predicted molar refractivity (Wildman–Crippen MR) is 105 cm³/mol. The molecule has 2 saturated carbocycles. The summed E-state index contributed by atoms with van der Waals surface area (Å²) in [6.45, 7) is 0. The van der Waals surface area contributed by atoms with E-state index in [1.807, 2.05) is 0 Å². The molecule has 3 rings (SSSR count). The van der Waals surface area contributed by atoms with E-state index in [2.05, 4.69) is 46.9 Å². The highest BCUT2D eigenvalue weighted by atomic mass is 127. The van der Waals surface area contributed by atoms with E-state index in [0.29, 0.717) is 11.3 Å². The van der Waals surface area contributed by atoms with E-state index < -0.39 is 7.14 Å². The second kappa shape index (κ2) is 7.83. The van der Waals surface area contributed by atoms with Crippen molar-refractivity contribution in [2.45, 2.75) is 80.0 Å². The van der Waals surface area contributed by atoms with Crippen LogP contribution in [0, 0.1) is 0 Å². The van der Waals surface area contributed by atoms with Gasteiger partial charge in [0, 0.05) is 21.1 Å². The summed E-state index contributed by atoms with van der Waals surface area (Å²) in [5, 5.41) is 1.21. The molecule has 2 aliphatic carbocycles. The zero-order valence-corrected chi connectivity index (χ0v) is 16.5. The van der Waals surface area contributed by atoms with Crippen molar-refractivity contribution in [1.82, 2.24) is 0 Å². The van der Waals surface area contributed by atoms with Gasteiger partial charge in [0.25, 0.3) is 0 Å². The maximum absolute atomic E-state index is 14.4. The van der Waals surface area contributed by atoms with Crippen LogP contribution >= 0.6 is 29.7 Å². The van der Waals surface area contributed by atoms with Crippen molar-refractivity contribution in [2.24, 2.45) is 0 Å². The molecule has 0 unspecified atom stereocenters. The van der Waals surface area contributed by atoms with Gasteiger partial charge < -0.3 is 4.57 Å². The monoisotopic (exact) mass is 430 g/mol. The van der Waals surface area contributed by atoms with Gasteiger partial charge in [0.15, 0.2) is 0 Å². The van der Waals surface area contributed by atoms with Gasteiger partial charge in [0.1, 0.15) is 7.14 Å². The standard InChI is InChI=1S/C19H28IOP/c20-15-16-8-7-13-19(14-16)22(21,17-9-3-1-4-10-17)18-11-5-2-6-12-18/h7-8,13-14,17-18H,1-6,9-12,15H2. The SMILES string of the molecule is O=P(c1cccc(CI)c1)(C1CCCCC1)C1CCCCC1. The highest BCUT2D eigenvalue weighted by molar-refractivity contribution is 14.1. The molecule has 0 N–H and O–H groups in total. The fourth-order valence-electron chi connectivity index (χ4n) is 4.51. The lowest BCUT2D eigenvalue weighted by atomic mass is 9.99. The number of hydrogen-bond donors (Lipinski definition) is 0. The third kappa shape index (κ3) is 3.48. The minimum atomic E-state index is -2.27. The molecule has 0 aromatic heterocycles. The lowest BCUT2D eigenvalue weighted by Gasteiger charge is -2.38. The fourth-order valence-corrected chi connectivity index (χ4v) is 9.37. The Balaban J connectivity index is 1.98. The van der Waals surface area contributed by atoms with Gasteiger partial charge in [-0.15, -0.1) is 0 Å². The van der Waals surface area contributed by atoms with Crippen molar-refractivity contribution in [1.29, 1.82) is 0 Å². The van der Waals surface area contributed by atoms with Crippen LogP contribution < -0.4 is 5.30 Å². The second-order valence-electron chi connectivity index (χ2n) is 7.10. The average Bonchev–Trinajstić information content (AvgIpc) is 2.62. The summed E-state index contributed by atoms with van der Waals surface area (Å²) in [5.74, 6) is 0. The summed E-state index contributed by atoms with van der Waals surface area (Å²) < 4.78 is 15.4. The van der Waals surface area contributed by atoms with E-state index >= 15 is 0 Å². The first kappa shape index (κ1) is 17.0. The Morgan fingerprint density at radius 3 is 1.95 bits per heavy atom. The number of alkyl halides is 1. The Labute approximate surface area is 149 Å². The maximum atomic E-state index is 14.4. The van der Waals surface area contributed by atoms with Crippen LogP contribution in [-0.2, 0) is 8.99 Å². The smallest absolute Gasteiger partial charge is 0.121 e. The number of halogens is 1. The van der Waals surface area contributed by atoms with Gasteiger partial charge in [-0.05, 0) is 37.3 Å². The van der Waals surface area contributed by atoms with Crippen molar-refractivity contribution in [3.05, 3.63) is 29.8 Å². The summed E-state index contributed by atoms with van der Waals surface area (Å²) in [4.78, 5) is 0. The third-order valence-electron chi connectivity index (χ3n) is 5.70. The van der Waals surface area contributed by atoms with Gasteiger partial charge in [-0.3, -0.25) is 0 Å². The highest BCUT2D eigenvalue weighted by Crippen LogP contribution is 2.61. The lowest BCUT2D eigenvalue weighted by molar-refractivity contribution is 0.452.